The monoisotopic (exact) mass is 278 g/mol. The fraction of sp³-hybridized carbons (Fsp3) is 0.625. The molecule has 1 aromatic rings. The van der Waals surface area contributed by atoms with Crippen LogP contribution in [0.2, 0.25) is 0 Å². The van der Waals surface area contributed by atoms with E-state index in [1.807, 2.05) is 11.8 Å². The molecule has 0 amide bonds. The van der Waals surface area contributed by atoms with Crippen LogP contribution < -0.4 is 10.2 Å². The number of piperidine rings is 1. The van der Waals surface area contributed by atoms with E-state index in [1.54, 1.807) is 0 Å². The van der Waals surface area contributed by atoms with Crippen LogP contribution in [-0.2, 0) is 0 Å². The number of thioether (sulfide) groups is 1. The van der Waals surface area contributed by atoms with Crippen molar-refractivity contribution in [2.75, 3.05) is 41.4 Å². The maximum atomic E-state index is 3.50. The summed E-state index contributed by atoms with van der Waals surface area (Å²) < 4.78 is 0. The molecule has 0 aromatic heterocycles. The molecule has 0 aliphatic carbocycles. The lowest BCUT2D eigenvalue weighted by Gasteiger charge is -2.28. The van der Waals surface area contributed by atoms with Crippen LogP contribution in [0, 0.1) is 0 Å². The zero-order valence-corrected chi connectivity index (χ0v) is 12.8. The van der Waals surface area contributed by atoms with Crippen molar-refractivity contribution in [3.8, 4) is 0 Å². The van der Waals surface area contributed by atoms with E-state index in [0.29, 0.717) is 0 Å². The first-order valence-corrected chi connectivity index (χ1v) is 8.72. The van der Waals surface area contributed by atoms with E-state index in [0.717, 1.165) is 6.54 Å². The van der Waals surface area contributed by atoms with Gasteiger partial charge in [0, 0.05) is 31.0 Å². The Balaban J connectivity index is 1.74. The second-order valence-corrected chi connectivity index (χ2v) is 6.47. The van der Waals surface area contributed by atoms with Gasteiger partial charge in [0.2, 0.25) is 0 Å². The van der Waals surface area contributed by atoms with Crippen LogP contribution in [0.5, 0.6) is 0 Å². The fourth-order valence-corrected chi connectivity index (χ4v) is 3.13. The van der Waals surface area contributed by atoms with Gasteiger partial charge < -0.3 is 10.2 Å². The Morgan fingerprint density at radius 3 is 2.53 bits per heavy atom. The molecule has 0 bridgehead atoms. The van der Waals surface area contributed by atoms with E-state index in [1.165, 1.54) is 61.7 Å². The zero-order valence-electron chi connectivity index (χ0n) is 12.0. The summed E-state index contributed by atoms with van der Waals surface area (Å²) in [7, 11) is 0. The number of benzene rings is 1. The van der Waals surface area contributed by atoms with Crippen molar-refractivity contribution in [2.45, 2.75) is 32.6 Å². The van der Waals surface area contributed by atoms with Crippen LogP contribution in [0.15, 0.2) is 24.3 Å². The van der Waals surface area contributed by atoms with Gasteiger partial charge in [0.25, 0.3) is 0 Å². The zero-order chi connectivity index (χ0) is 13.3. The van der Waals surface area contributed by atoms with Gasteiger partial charge in [0.05, 0.1) is 0 Å². The van der Waals surface area contributed by atoms with Crippen molar-refractivity contribution in [1.29, 1.82) is 0 Å². The highest BCUT2D eigenvalue weighted by Crippen LogP contribution is 2.21. The summed E-state index contributed by atoms with van der Waals surface area (Å²) in [5.74, 6) is 2.49. The molecule has 1 heterocycles. The maximum absolute atomic E-state index is 3.50. The van der Waals surface area contributed by atoms with Crippen molar-refractivity contribution in [1.82, 2.24) is 0 Å². The molecule has 2 nitrogen and oxygen atoms in total. The van der Waals surface area contributed by atoms with Crippen LogP contribution >= 0.6 is 11.8 Å². The highest BCUT2D eigenvalue weighted by Gasteiger charge is 2.10. The first-order valence-electron chi connectivity index (χ1n) is 7.57. The molecule has 1 aliphatic rings. The summed E-state index contributed by atoms with van der Waals surface area (Å²) >= 11 is 2.02. The van der Waals surface area contributed by atoms with Crippen molar-refractivity contribution < 1.29 is 0 Å². The van der Waals surface area contributed by atoms with Crippen molar-refractivity contribution in [2.24, 2.45) is 0 Å². The molecule has 0 radical (unpaired) electrons. The van der Waals surface area contributed by atoms with Crippen LogP contribution in [0.1, 0.15) is 32.6 Å². The Bertz CT molecular complexity index is 344. The summed E-state index contributed by atoms with van der Waals surface area (Å²) in [5, 5.41) is 3.50. The van der Waals surface area contributed by atoms with Crippen LogP contribution in [0.3, 0.4) is 0 Å². The van der Waals surface area contributed by atoms with Gasteiger partial charge in [-0.15, -0.1) is 0 Å². The second kappa shape index (κ2) is 8.36. The molecule has 0 atom stereocenters. The average molecular weight is 278 g/mol. The minimum Gasteiger partial charge on any atom is -0.385 e. The normalized spacial score (nSPS) is 15.5. The summed E-state index contributed by atoms with van der Waals surface area (Å²) in [6.07, 6.45) is 5.32. The molecule has 1 saturated heterocycles. The largest absolute Gasteiger partial charge is 0.385 e. The van der Waals surface area contributed by atoms with E-state index in [4.69, 9.17) is 0 Å². The van der Waals surface area contributed by atoms with E-state index < -0.39 is 0 Å². The predicted octanol–water partition coefficient (Wildman–Crippen LogP) is 4.23. The number of nitrogens with zero attached hydrogens (tertiary/aromatic N) is 1. The van der Waals surface area contributed by atoms with Gasteiger partial charge in [0.1, 0.15) is 0 Å². The highest BCUT2D eigenvalue weighted by atomic mass is 32.2. The topological polar surface area (TPSA) is 15.3 Å². The van der Waals surface area contributed by atoms with Gasteiger partial charge in [-0.25, -0.2) is 0 Å². The number of hydrogen-bond acceptors (Lipinski definition) is 3. The Kier molecular flexibility index (Phi) is 6.42. The Morgan fingerprint density at radius 1 is 1.11 bits per heavy atom. The van der Waals surface area contributed by atoms with E-state index in [2.05, 4.69) is 41.4 Å². The lowest BCUT2D eigenvalue weighted by atomic mass is 10.1. The molecule has 2 rings (SSSR count). The number of rotatable bonds is 7. The SMILES string of the molecule is CCSCCCNc1ccc(N2CCCCC2)cc1. The summed E-state index contributed by atoms with van der Waals surface area (Å²) in [6, 6.07) is 8.96. The van der Waals surface area contributed by atoms with E-state index in [9.17, 15) is 0 Å². The Hall–Kier alpha value is -0.830. The third-order valence-electron chi connectivity index (χ3n) is 3.59. The quantitative estimate of drug-likeness (QED) is 0.751. The van der Waals surface area contributed by atoms with E-state index in [-0.39, 0.29) is 0 Å². The summed E-state index contributed by atoms with van der Waals surface area (Å²) in [6.45, 7) is 5.75. The average Bonchev–Trinajstić information content (AvgIpc) is 2.49. The van der Waals surface area contributed by atoms with Gasteiger partial charge in [0.15, 0.2) is 0 Å². The van der Waals surface area contributed by atoms with Crippen LogP contribution in [0.4, 0.5) is 11.4 Å². The lowest BCUT2D eigenvalue weighted by Crippen LogP contribution is -2.29. The molecular formula is C16H26N2S. The predicted molar refractivity (Wildman–Crippen MR) is 88.6 cm³/mol. The van der Waals surface area contributed by atoms with Crippen molar-refractivity contribution in [3.05, 3.63) is 24.3 Å². The molecule has 1 N–H and O–H groups in total. The van der Waals surface area contributed by atoms with Gasteiger partial charge in [-0.2, -0.15) is 11.8 Å². The maximum Gasteiger partial charge on any atom is 0.0367 e. The molecule has 1 aliphatic heterocycles. The molecule has 0 saturated carbocycles. The third kappa shape index (κ3) is 4.98. The van der Waals surface area contributed by atoms with E-state index >= 15 is 0 Å². The molecular weight excluding hydrogens is 252 g/mol. The fourth-order valence-electron chi connectivity index (χ4n) is 2.49. The second-order valence-electron chi connectivity index (χ2n) is 5.07. The minimum absolute atomic E-state index is 1.08. The first-order chi connectivity index (χ1) is 9.40. The van der Waals surface area contributed by atoms with Crippen LogP contribution in [0.25, 0.3) is 0 Å². The minimum atomic E-state index is 1.08. The lowest BCUT2D eigenvalue weighted by molar-refractivity contribution is 0.578. The van der Waals surface area contributed by atoms with Crippen LogP contribution in [-0.4, -0.2) is 31.1 Å². The number of nitrogens with one attached hydrogen (secondary N) is 1. The Labute approximate surface area is 122 Å². The number of hydrogen-bond donors (Lipinski definition) is 1. The molecule has 106 valence electrons. The molecule has 1 aromatic carbocycles. The van der Waals surface area contributed by atoms with Gasteiger partial charge >= 0.3 is 0 Å². The first kappa shape index (κ1) is 14.6. The third-order valence-corrected chi connectivity index (χ3v) is 4.57. The van der Waals surface area contributed by atoms with Crippen molar-refractivity contribution in [3.63, 3.8) is 0 Å². The molecule has 3 heteroatoms. The summed E-state index contributed by atoms with van der Waals surface area (Å²) in [4.78, 5) is 2.51. The van der Waals surface area contributed by atoms with Gasteiger partial charge in [-0.3, -0.25) is 0 Å². The molecule has 19 heavy (non-hydrogen) atoms. The van der Waals surface area contributed by atoms with Crippen molar-refractivity contribution >= 4 is 23.1 Å². The molecule has 1 fully saturated rings. The molecule has 0 spiro atoms. The van der Waals surface area contributed by atoms with Gasteiger partial charge in [-0.1, -0.05) is 6.92 Å². The summed E-state index contributed by atoms with van der Waals surface area (Å²) in [5.41, 5.74) is 2.63. The molecule has 0 unspecified atom stereocenters. The smallest absolute Gasteiger partial charge is 0.0367 e. The highest BCUT2D eigenvalue weighted by molar-refractivity contribution is 7.99. The van der Waals surface area contributed by atoms with Gasteiger partial charge in [-0.05, 0) is 61.5 Å². The number of anilines is 2. The standard InChI is InChI=1S/C16H26N2S/c1-2-19-14-6-11-17-15-7-9-16(10-8-15)18-12-4-3-5-13-18/h7-10,17H,2-6,11-14H2,1H3. The Morgan fingerprint density at radius 2 is 1.84 bits per heavy atom.